The molecule has 3 N–H and O–H groups in total. The first kappa shape index (κ1) is 16.6. The van der Waals surface area contributed by atoms with Gasteiger partial charge in [-0.3, -0.25) is 0 Å². The Labute approximate surface area is 112 Å². The van der Waals surface area contributed by atoms with Crippen molar-refractivity contribution in [2.24, 2.45) is 5.73 Å². The van der Waals surface area contributed by atoms with Crippen LogP contribution in [0.1, 0.15) is 26.3 Å². The van der Waals surface area contributed by atoms with E-state index in [2.05, 4.69) is 30.5 Å². The standard InChI is InChI=1S/C8H13N.C7H9N.CH4/c1-2-9-7-8-5-3-4-6-8;8-6-7-4-2-1-3-5-7;/h3-5,9H,2,6-7H2,1H3;1-5H,6,8H2;1H4. The van der Waals surface area contributed by atoms with Crippen LogP contribution in [0.3, 0.4) is 0 Å². The second-order valence-electron chi connectivity index (χ2n) is 3.93. The summed E-state index contributed by atoms with van der Waals surface area (Å²) in [5.74, 6) is 0. The fourth-order valence-electron chi connectivity index (χ4n) is 1.52. The summed E-state index contributed by atoms with van der Waals surface area (Å²) in [5, 5.41) is 3.28. The highest BCUT2D eigenvalue weighted by Crippen LogP contribution is 2.07. The fraction of sp³-hybridized carbons (Fsp3) is 0.375. The molecule has 0 heterocycles. The van der Waals surface area contributed by atoms with Crippen molar-refractivity contribution in [1.82, 2.24) is 5.32 Å². The van der Waals surface area contributed by atoms with Gasteiger partial charge in [-0.1, -0.05) is 68.5 Å². The highest BCUT2D eigenvalue weighted by atomic mass is 14.8. The highest BCUT2D eigenvalue weighted by Gasteiger charge is 1.95. The lowest BCUT2D eigenvalue weighted by atomic mass is 10.2. The number of hydrogen-bond acceptors (Lipinski definition) is 2. The molecule has 2 heteroatoms. The summed E-state index contributed by atoms with van der Waals surface area (Å²) in [6.07, 6.45) is 7.63. The monoisotopic (exact) mass is 246 g/mol. The van der Waals surface area contributed by atoms with Crippen LogP contribution in [0.2, 0.25) is 0 Å². The van der Waals surface area contributed by atoms with Gasteiger partial charge in [-0.05, 0) is 18.5 Å². The SMILES string of the molecule is C.CCNCC1=CC=CC1.NCc1ccccc1. The van der Waals surface area contributed by atoms with Gasteiger partial charge in [0.05, 0.1) is 0 Å². The van der Waals surface area contributed by atoms with Crippen LogP contribution >= 0.6 is 0 Å². The smallest absolute Gasteiger partial charge is 0.0178 e. The summed E-state index contributed by atoms with van der Waals surface area (Å²) in [4.78, 5) is 0. The Kier molecular flexibility index (Phi) is 9.93. The third-order valence-corrected chi connectivity index (χ3v) is 2.53. The molecule has 0 spiro atoms. The van der Waals surface area contributed by atoms with Gasteiger partial charge in [0.25, 0.3) is 0 Å². The molecule has 0 aliphatic heterocycles. The zero-order valence-electron chi connectivity index (χ0n) is 10.5. The Balaban J connectivity index is 0.000000306. The molecule has 0 saturated carbocycles. The number of nitrogens with two attached hydrogens (primary N) is 1. The van der Waals surface area contributed by atoms with Gasteiger partial charge in [-0.15, -0.1) is 0 Å². The first-order valence-electron chi connectivity index (χ1n) is 6.16. The van der Waals surface area contributed by atoms with Crippen LogP contribution in [-0.2, 0) is 6.54 Å². The molecule has 1 aromatic rings. The van der Waals surface area contributed by atoms with E-state index in [4.69, 9.17) is 5.73 Å². The van der Waals surface area contributed by atoms with Gasteiger partial charge in [0.1, 0.15) is 0 Å². The lowest BCUT2D eigenvalue weighted by Gasteiger charge is -1.99. The van der Waals surface area contributed by atoms with Gasteiger partial charge in [0, 0.05) is 13.1 Å². The summed E-state index contributed by atoms with van der Waals surface area (Å²) < 4.78 is 0. The van der Waals surface area contributed by atoms with Gasteiger partial charge in [0.15, 0.2) is 0 Å². The van der Waals surface area contributed by atoms with Gasteiger partial charge < -0.3 is 11.1 Å². The second-order valence-corrected chi connectivity index (χ2v) is 3.93. The van der Waals surface area contributed by atoms with E-state index >= 15 is 0 Å². The first-order valence-corrected chi connectivity index (χ1v) is 6.16. The maximum absolute atomic E-state index is 5.35. The van der Waals surface area contributed by atoms with Crippen LogP contribution in [0.25, 0.3) is 0 Å². The van der Waals surface area contributed by atoms with Crippen LogP contribution in [0.15, 0.2) is 54.1 Å². The largest absolute Gasteiger partial charge is 0.326 e. The minimum Gasteiger partial charge on any atom is -0.326 e. The molecule has 18 heavy (non-hydrogen) atoms. The van der Waals surface area contributed by atoms with Crippen molar-refractivity contribution >= 4 is 0 Å². The van der Waals surface area contributed by atoms with Gasteiger partial charge in [-0.25, -0.2) is 0 Å². The molecular weight excluding hydrogens is 220 g/mol. The Bertz CT molecular complexity index is 353. The average Bonchev–Trinajstić information content (AvgIpc) is 2.91. The molecule has 0 saturated heterocycles. The van der Waals surface area contributed by atoms with E-state index in [0.29, 0.717) is 6.54 Å². The van der Waals surface area contributed by atoms with Crippen molar-refractivity contribution < 1.29 is 0 Å². The first-order chi connectivity index (χ1) is 8.36. The highest BCUT2D eigenvalue weighted by molar-refractivity contribution is 5.23. The van der Waals surface area contributed by atoms with Crippen molar-refractivity contribution in [3.8, 4) is 0 Å². The van der Waals surface area contributed by atoms with Crippen LogP contribution in [0.4, 0.5) is 0 Å². The minimum absolute atomic E-state index is 0. The van der Waals surface area contributed by atoms with E-state index in [-0.39, 0.29) is 7.43 Å². The Morgan fingerprint density at radius 3 is 2.39 bits per heavy atom. The predicted molar refractivity (Wildman–Crippen MR) is 81.4 cm³/mol. The number of likely N-dealkylation sites (N-methyl/N-ethyl adjacent to an activating group) is 1. The molecule has 0 aromatic heterocycles. The maximum atomic E-state index is 5.35. The van der Waals surface area contributed by atoms with Gasteiger partial charge in [-0.2, -0.15) is 0 Å². The van der Waals surface area contributed by atoms with Gasteiger partial charge >= 0.3 is 0 Å². The molecule has 0 fully saturated rings. The van der Waals surface area contributed by atoms with Crippen LogP contribution in [0.5, 0.6) is 0 Å². The molecule has 1 aliphatic carbocycles. The lowest BCUT2D eigenvalue weighted by molar-refractivity contribution is 0.769. The molecule has 100 valence electrons. The molecule has 0 amide bonds. The number of rotatable bonds is 4. The molecule has 1 aliphatic rings. The zero-order chi connectivity index (χ0) is 12.3. The summed E-state index contributed by atoms with van der Waals surface area (Å²) in [6, 6.07) is 9.99. The van der Waals surface area contributed by atoms with Crippen LogP contribution in [-0.4, -0.2) is 13.1 Å². The number of hydrogen-bond donors (Lipinski definition) is 2. The minimum atomic E-state index is 0. The second kappa shape index (κ2) is 10.8. The Hall–Kier alpha value is -1.38. The quantitative estimate of drug-likeness (QED) is 0.855. The van der Waals surface area contributed by atoms with Crippen molar-refractivity contribution in [2.75, 3.05) is 13.1 Å². The Morgan fingerprint density at radius 2 is 1.94 bits per heavy atom. The van der Waals surface area contributed by atoms with E-state index in [9.17, 15) is 0 Å². The van der Waals surface area contributed by atoms with Crippen LogP contribution < -0.4 is 11.1 Å². The van der Waals surface area contributed by atoms with Crippen molar-refractivity contribution in [1.29, 1.82) is 0 Å². The molecular formula is C16H26N2. The van der Waals surface area contributed by atoms with E-state index in [1.54, 1.807) is 0 Å². The van der Waals surface area contributed by atoms with Crippen molar-refractivity contribution in [3.63, 3.8) is 0 Å². The molecule has 1 aromatic carbocycles. The normalized spacial score (nSPS) is 12.2. The number of benzene rings is 1. The van der Waals surface area contributed by atoms with Crippen molar-refractivity contribution in [3.05, 3.63) is 59.7 Å². The summed E-state index contributed by atoms with van der Waals surface area (Å²) in [6.45, 7) is 4.89. The zero-order valence-corrected chi connectivity index (χ0v) is 10.5. The fourth-order valence-corrected chi connectivity index (χ4v) is 1.52. The average molecular weight is 246 g/mol. The lowest BCUT2D eigenvalue weighted by Crippen LogP contribution is -2.15. The molecule has 0 unspecified atom stereocenters. The molecule has 0 atom stereocenters. The maximum Gasteiger partial charge on any atom is 0.0178 e. The summed E-state index contributed by atoms with van der Waals surface area (Å²) in [5.41, 5.74) is 8.03. The van der Waals surface area contributed by atoms with Gasteiger partial charge in [0.2, 0.25) is 0 Å². The molecule has 0 radical (unpaired) electrons. The van der Waals surface area contributed by atoms with Crippen molar-refractivity contribution in [2.45, 2.75) is 27.3 Å². The van der Waals surface area contributed by atoms with E-state index < -0.39 is 0 Å². The van der Waals surface area contributed by atoms with E-state index in [1.807, 2.05) is 30.3 Å². The number of nitrogens with one attached hydrogen (secondary N) is 1. The topological polar surface area (TPSA) is 38.0 Å². The predicted octanol–water partition coefficient (Wildman–Crippen LogP) is 3.26. The molecule has 2 rings (SSSR count). The third kappa shape index (κ3) is 7.05. The Morgan fingerprint density at radius 1 is 1.22 bits per heavy atom. The molecule has 2 nitrogen and oxygen atoms in total. The van der Waals surface area contributed by atoms with Crippen LogP contribution in [0, 0.1) is 0 Å². The van der Waals surface area contributed by atoms with E-state index in [0.717, 1.165) is 19.5 Å². The molecule has 0 bridgehead atoms. The summed E-state index contributed by atoms with van der Waals surface area (Å²) in [7, 11) is 0. The number of allylic oxidation sites excluding steroid dienone is 3. The third-order valence-electron chi connectivity index (χ3n) is 2.53. The van der Waals surface area contributed by atoms with E-state index in [1.165, 1.54) is 11.1 Å². The summed E-state index contributed by atoms with van der Waals surface area (Å²) >= 11 is 0.